The Morgan fingerprint density at radius 1 is 1.24 bits per heavy atom. The monoisotopic (exact) mass is 312 g/mol. The normalized spacial score (nSPS) is 25.3. The molecule has 116 valence electrons. The predicted octanol–water partition coefficient (Wildman–Crippen LogP) is 0.499. The lowest BCUT2D eigenvalue weighted by atomic mass is 10.2. The minimum atomic E-state index is -3.45. The molecule has 2 aliphatic rings. The first kappa shape index (κ1) is 14.8. The third-order valence-electron chi connectivity index (χ3n) is 3.91. The van der Waals surface area contributed by atoms with E-state index in [9.17, 15) is 8.42 Å². The zero-order valence-corrected chi connectivity index (χ0v) is 12.9. The van der Waals surface area contributed by atoms with Crippen LogP contribution in [0.3, 0.4) is 0 Å². The molecule has 0 aromatic carbocycles. The molecule has 0 unspecified atom stereocenters. The average molecular weight is 312 g/mol. The lowest BCUT2D eigenvalue weighted by Gasteiger charge is -2.32. The third-order valence-corrected chi connectivity index (χ3v) is 5.96. The van der Waals surface area contributed by atoms with Crippen molar-refractivity contribution in [1.29, 1.82) is 0 Å². The van der Waals surface area contributed by atoms with E-state index in [2.05, 4.69) is 9.97 Å². The van der Waals surface area contributed by atoms with Crippen LogP contribution < -0.4 is 0 Å². The highest BCUT2D eigenvalue weighted by molar-refractivity contribution is 7.86. The summed E-state index contributed by atoms with van der Waals surface area (Å²) in [5, 5.41) is 0. The summed E-state index contributed by atoms with van der Waals surface area (Å²) in [7, 11) is -3.45. The minimum absolute atomic E-state index is 0.203. The number of nitrogens with zero attached hydrogens (tertiary/aromatic N) is 4. The van der Waals surface area contributed by atoms with E-state index in [-0.39, 0.29) is 6.04 Å². The van der Waals surface area contributed by atoms with Gasteiger partial charge in [0.2, 0.25) is 0 Å². The summed E-state index contributed by atoms with van der Waals surface area (Å²) in [6, 6.07) is -0.203. The molecule has 2 saturated heterocycles. The second-order valence-electron chi connectivity index (χ2n) is 5.37. The van der Waals surface area contributed by atoms with Gasteiger partial charge in [0, 0.05) is 25.8 Å². The second kappa shape index (κ2) is 5.96. The van der Waals surface area contributed by atoms with Crippen LogP contribution in [0.15, 0.2) is 12.4 Å². The van der Waals surface area contributed by atoms with Crippen molar-refractivity contribution in [3.63, 3.8) is 0 Å². The molecule has 21 heavy (non-hydrogen) atoms. The average Bonchev–Trinajstić information content (AvgIpc) is 2.98. The van der Waals surface area contributed by atoms with Crippen LogP contribution in [-0.2, 0) is 14.9 Å². The van der Waals surface area contributed by atoms with E-state index >= 15 is 0 Å². The number of hydrogen-bond donors (Lipinski definition) is 0. The maximum atomic E-state index is 12.8. The largest absolute Gasteiger partial charge is 0.379 e. The standard InChI is InChI=1S/C13H20N4O3S/c1-11-9-14-10-12(15-11)13-3-2-4-17(13)21(18,19)16-5-7-20-8-6-16/h9-10,13H,2-8H2,1H3/t13-/m1/s1. The molecule has 3 rings (SSSR count). The summed E-state index contributed by atoms with van der Waals surface area (Å²) in [6.45, 7) is 4.17. The van der Waals surface area contributed by atoms with Crippen LogP contribution in [0, 0.1) is 6.92 Å². The summed E-state index contributed by atoms with van der Waals surface area (Å²) in [5.41, 5.74) is 1.55. The van der Waals surface area contributed by atoms with E-state index in [0.717, 1.165) is 24.2 Å². The number of aromatic nitrogens is 2. The molecule has 0 bridgehead atoms. The van der Waals surface area contributed by atoms with Crippen LogP contribution in [0.25, 0.3) is 0 Å². The van der Waals surface area contributed by atoms with Gasteiger partial charge in [0.05, 0.1) is 36.8 Å². The summed E-state index contributed by atoms with van der Waals surface area (Å²) in [6.07, 6.45) is 5.00. The molecule has 0 N–H and O–H groups in total. The van der Waals surface area contributed by atoms with E-state index in [1.54, 1.807) is 16.7 Å². The van der Waals surface area contributed by atoms with Crippen LogP contribution in [0.5, 0.6) is 0 Å². The molecule has 0 saturated carbocycles. The zero-order valence-electron chi connectivity index (χ0n) is 12.1. The first-order chi connectivity index (χ1) is 10.1. The molecular weight excluding hydrogens is 292 g/mol. The maximum absolute atomic E-state index is 12.8. The molecule has 1 aromatic rings. The molecule has 0 amide bonds. The highest BCUT2D eigenvalue weighted by Gasteiger charge is 2.40. The Morgan fingerprint density at radius 3 is 2.71 bits per heavy atom. The number of rotatable bonds is 3. The second-order valence-corrected chi connectivity index (χ2v) is 7.25. The molecule has 1 aromatic heterocycles. The molecule has 1 atom stereocenters. The predicted molar refractivity (Wildman–Crippen MR) is 76.8 cm³/mol. The van der Waals surface area contributed by atoms with Crippen LogP contribution in [0.4, 0.5) is 0 Å². The van der Waals surface area contributed by atoms with Crippen molar-refractivity contribution >= 4 is 10.2 Å². The molecule has 8 heteroatoms. The van der Waals surface area contributed by atoms with Crippen LogP contribution in [-0.4, -0.2) is 59.8 Å². The van der Waals surface area contributed by atoms with Crippen molar-refractivity contribution in [2.75, 3.05) is 32.8 Å². The van der Waals surface area contributed by atoms with E-state index < -0.39 is 10.2 Å². The van der Waals surface area contributed by atoms with Crippen molar-refractivity contribution in [3.05, 3.63) is 23.8 Å². The van der Waals surface area contributed by atoms with Gasteiger partial charge in [0.15, 0.2) is 0 Å². The fourth-order valence-corrected chi connectivity index (χ4v) is 4.68. The van der Waals surface area contributed by atoms with Crippen molar-refractivity contribution < 1.29 is 13.2 Å². The molecule has 7 nitrogen and oxygen atoms in total. The zero-order chi connectivity index (χ0) is 14.9. The smallest absolute Gasteiger partial charge is 0.282 e. The molecule has 2 fully saturated rings. The summed E-state index contributed by atoms with van der Waals surface area (Å²) in [5.74, 6) is 0. The van der Waals surface area contributed by atoms with E-state index in [0.29, 0.717) is 32.8 Å². The fraction of sp³-hybridized carbons (Fsp3) is 0.692. The van der Waals surface area contributed by atoms with Crippen LogP contribution in [0.1, 0.15) is 30.3 Å². The number of ether oxygens (including phenoxy) is 1. The minimum Gasteiger partial charge on any atom is -0.379 e. The summed E-state index contributed by atoms with van der Waals surface area (Å²) < 4.78 is 33.9. The Morgan fingerprint density at radius 2 is 2.00 bits per heavy atom. The van der Waals surface area contributed by atoms with Gasteiger partial charge in [-0.05, 0) is 19.8 Å². The SMILES string of the molecule is Cc1cncc([C@H]2CCCN2S(=O)(=O)N2CCOCC2)n1. The first-order valence-corrected chi connectivity index (χ1v) is 8.62. The third kappa shape index (κ3) is 2.94. The van der Waals surface area contributed by atoms with Gasteiger partial charge >= 0.3 is 0 Å². The van der Waals surface area contributed by atoms with Gasteiger partial charge in [-0.25, -0.2) is 0 Å². The highest BCUT2D eigenvalue weighted by Crippen LogP contribution is 2.34. The van der Waals surface area contributed by atoms with E-state index in [1.807, 2.05) is 6.92 Å². The Kier molecular flexibility index (Phi) is 4.21. The highest BCUT2D eigenvalue weighted by atomic mass is 32.2. The Bertz CT molecular complexity index is 601. The quantitative estimate of drug-likeness (QED) is 0.812. The van der Waals surface area contributed by atoms with Gasteiger partial charge in [-0.15, -0.1) is 0 Å². The lowest BCUT2D eigenvalue weighted by Crippen LogP contribution is -2.48. The van der Waals surface area contributed by atoms with Gasteiger partial charge in [-0.1, -0.05) is 0 Å². The molecule has 3 heterocycles. The Labute approximate surface area is 125 Å². The van der Waals surface area contributed by atoms with Crippen molar-refractivity contribution in [1.82, 2.24) is 18.6 Å². The lowest BCUT2D eigenvalue weighted by molar-refractivity contribution is 0.0698. The van der Waals surface area contributed by atoms with Gasteiger partial charge in [-0.3, -0.25) is 9.97 Å². The first-order valence-electron chi connectivity index (χ1n) is 7.22. The maximum Gasteiger partial charge on any atom is 0.282 e. The molecular formula is C13H20N4O3S. The Hall–Kier alpha value is -1.09. The molecule has 0 radical (unpaired) electrons. The van der Waals surface area contributed by atoms with Crippen molar-refractivity contribution in [3.8, 4) is 0 Å². The number of hydrogen-bond acceptors (Lipinski definition) is 5. The van der Waals surface area contributed by atoms with Gasteiger partial charge in [0.1, 0.15) is 0 Å². The van der Waals surface area contributed by atoms with E-state index in [1.165, 1.54) is 4.31 Å². The van der Waals surface area contributed by atoms with Crippen LogP contribution >= 0.6 is 0 Å². The summed E-state index contributed by atoms with van der Waals surface area (Å²) in [4.78, 5) is 8.59. The number of aryl methyl sites for hydroxylation is 1. The summed E-state index contributed by atoms with van der Waals surface area (Å²) >= 11 is 0. The molecule has 0 aliphatic carbocycles. The van der Waals surface area contributed by atoms with Crippen molar-refractivity contribution in [2.24, 2.45) is 0 Å². The van der Waals surface area contributed by atoms with E-state index in [4.69, 9.17) is 4.74 Å². The molecule has 0 spiro atoms. The van der Waals surface area contributed by atoms with Gasteiger partial charge < -0.3 is 4.74 Å². The Balaban J connectivity index is 1.86. The topological polar surface area (TPSA) is 75.6 Å². The fourth-order valence-electron chi connectivity index (χ4n) is 2.88. The van der Waals surface area contributed by atoms with Crippen LogP contribution in [0.2, 0.25) is 0 Å². The number of morpholine rings is 1. The molecule has 2 aliphatic heterocycles. The van der Waals surface area contributed by atoms with Gasteiger partial charge in [0.25, 0.3) is 10.2 Å². The van der Waals surface area contributed by atoms with Crippen molar-refractivity contribution in [2.45, 2.75) is 25.8 Å². The van der Waals surface area contributed by atoms with Gasteiger partial charge in [-0.2, -0.15) is 17.0 Å².